The van der Waals surface area contributed by atoms with E-state index in [1.807, 2.05) is 6.92 Å². The molecule has 3 rings (SSSR count). The van der Waals surface area contributed by atoms with Crippen LogP contribution in [0, 0.1) is 0 Å². The fraction of sp³-hybridized carbons (Fsp3) is 0.136. The standard InChI is InChI=1S/C22H21NO4S2/c1-2-27-19-12-8-17(9-13-19)22(24)16-28-20-14-10-18(11-15-20)23-29(25,26)21-6-4-3-5-7-21/h3-15,23H,2,16H2,1H3. The zero-order valence-electron chi connectivity index (χ0n) is 15.9. The Hall–Kier alpha value is -2.77. The summed E-state index contributed by atoms with van der Waals surface area (Å²) in [5, 5.41) is 0. The van der Waals surface area contributed by atoms with Gasteiger partial charge in [0, 0.05) is 16.1 Å². The molecule has 0 spiro atoms. The average molecular weight is 428 g/mol. The van der Waals surface area contributed by atoms with Gasteiger partial charge in [0.15, 0.2) is 5.78 Å². The summed E-state index contributed by atoms with van der Waals surface area (Å²) in [5.74, 6) is 1.06. The molecule has 3 aromatic rings. The van der Waals surface area contributed by atoms with Crippen molar-refractivity contribution >= 4 is 33.3 Å². The van der Waals surface area contributed by atoms with Crippen LogP contribution < -0.4 is 9.46 Å². The Balaban J connectivity index is 1.57. The van der Waals surface area contributed by atoms with Crippen LogP contribution in [0.5, 0.6) is 5.75 Å². The molecule has 0 aliphatic heterocycles. The maximum Gasteiger partial charge on any atom is 0.261 e. The van der Waals surface area contributed by atoms with Crippen LogP contribution in [0.4, 0.5) is 5.69 Å². The van der Waals surface area contributed by atoms with Crippen molar-refractivity contribution in [2.45, 2.75) is 16.7 Å². The van der Waals surface area contributed by atoms with E-state index in [1.54, 1.807) is 78.9 Å². The second-order valence-electron chi connectivity index (χ2n) is 6.11. The van der Waals surface area contributed by atoms with Crippen LogP contribution in [-0.4, -0.2) is 26.6 Å². The summed E-state index contributed by atoms with van der Waals surface area (Å²) in [6.07, 6.45) is 0. The molecule has 7 heteroatoms. The first kappa shape index (κ1) is 21.0. The maximum atomic E-state index is 12.4. The Morgan fingerprint density at radius 2 is 1.59 bits per heavy atom. The molecule has 0 bridgehead atoms. The van der Waals surface area contributed by atoms with Crippen molar-refractivity contribution in [1.82, 2.24) is 0 Å². The average Bonchev–Trinajstić information content (AvgIpc) is 2.74. The zero-order valence-corrected chi connectivity index (χ0v) is 17.5. The molecule has 0 amide bonds. The van der Waals surface area contributed by atoms with Crippen molar-refractivity contribution < 1.29 is 17.9 Å². The topological polar surface area (TPSA) is 72.5 Å². The van der Waals surface area contributed by atoms with Crippen molar-refractivity contribution in [3.63, 3.8) is 0 Å². The van der Waals surface area contributed by atoms with E-state index in [1.165, 1.54) is 11.8 Å². The van der Waals surface area contributed by atoms with E-state index in [9.17, 15) is 13.2 Å². The number of nitrogens with one attached hydrogen (secondary N) is 1. The van der Waals surface area contributed by atoms with E-state index in [0.29, 0.717) is 23.6 Å². The second-order valence-corrected chi connectivity index (χ2v) is 8.84. The van der Waals surface area contributed by atoms with Gasteiger partial charge in [-0.05, 0) is 67.6 Å². The number of Topliss-reactive ketones (excluding diaryl/α,β-unsaturated/α-hetero) is 1. The summed E-state index contributed by atoms with van der Waals surface area (Å²) in [6.45, 7) is 2.49. The van der Waals surface area contributed by atoms with Crippen LogP contribution in [0.2, 0.25) is 0 Å². The highest BCUT2D eigenvalue weighted by Crippen LogP contribution is 2.23. The van der Waals surface area contributed by atoms with Gasteiger partial charge in [0.05, 0.1) is 17.3 Å². The molecule has 1 N–H and O–H groups in total. The van der Waals surface area contributed by atoms with Crippen molar-refractivity contribution in [3.05, 3.63) is 84.4 Å². The van der Waals surface area contributed by atoms with Gasteiger partial charge in [0.2, 0.25) is 0 Å². The summed E-state index contributed by atoms with van der Waals surface area (Å²) in [5.41, 5.74) is 1.10. The smallest absolute Gasteiger partial charge is 0.261 e. The first-order chi connectivity index (χ1) is 14.0. The lowest BCUT2D eigenvalue weighted by atomic mass is 10.1. The quantitative estimate of drug-likeness (QED) is 0.390. The summed E-state index contributed by atoms with van der Waals surface area (Å²) < 4.78 is 32.6. The van der Waals surface area contributed by atoms with E-state index in [-0.39, 0.29) is 10.7 Å². The number of sulfonamides is 1. The van der Waals surface area contributed by atoms with Gasteiger partial charge in [0.25, 0.3) is 10.0 Å². The molecule has 0 fully saturated rings. The van der Waals surface area contributed by atoms with Gasteiger partial charge in [0.1, 0.15) is 5.75 Å². The van der Waals surface area contributed by atoms with E-state index in [2.05, 4.69) is 4.72 Å². The number of hydrogen-bond donors (Lipinski definition) is 1. The lowest BCUT2D eigenvalue weighted by Gasteiger charge is -2.09. The second kappa shape index (κ2) is 9.62. The number of anilines is 1. The summed E-state index contributed by atoms with van der Waals surface area (Å²) >= 11 is 1.40. The van der Waals surface area contributed by atoms with Crippen molar-refractivity contribution in [3.8, 4) is 5.75 Å². The Morgan fingerprint density at radius 3 is 2.21 bits per heavy atom. The summed E-state index contributed by atoms with van der Waals surface area (Å²) in [6, 6.07) is 22.2. The van der Waals surface area contributed by atoms with Crippen LogP contribution in [0.1, 0.15) is 17.3 Å². The Labute approximate surface area is 175 Å². The fourth-order valence-corrected chi connectivity index (χ4v) is 4.44. The molecule has 0 radical (unpaired) electrons. The Bertz CT molecular complexity index is 1050. The van der Waals surface area contributed by atoms with E-state index in [0.717, 1.165) is 10.6 Å². The van der Waals surface area contributed by atoms with Crippen LogP contribution in [-0.2, 0) is 10.0 Å². The number of thioether (sulfide) groups is 1. The number of hydrogen-bond acceptors (Lipinski definition) is 5. The molecule has 0 saturated carbocycles. The van der Waals surface area contributed by atoms with Gasteiger partial charge in [-0.25, -0.2) is 8.42 Å². The minimum Gasteiger partial charge on any atom is -0.494 e. The predicted molar refractivity (Wildman–Crippen MR) is 116 cm³/mol. The van der Waals surface area contributed by atoms with Crippen LogP contribution in [0.25, 0.3) is 0 Å². The number of benzene rings is 3. The number of ketones is 1. The number of ether oxygens (including phenoxy) is 1. The van der Waals surface area contributed by atoms with Crippen LogP contribution >= 0.6 is 11.8 Å². The molecular weight excluding hydrogens is 406 g/mol. The summed E-state index contributed by atoms with van der Waals surface area (Å²) in [7, 11) is -3.62. The third-order valence-electron chi connectivity index (χ3n) is 4.02. The SMILES string of the molecule is CCOc1ccc(C(=O)CSc2ccc(NS(=O)(=O)c3ccccc3)cc2)cc1. The summed E-state index contributed by atoms with van der Waals surface area (Å²) in [4.78, 5) is 13.4. The maximum absolute atomic E-state index is 12.4. The molecular formula is C22H21NO4S2. The molecule has 0 aliphatic rings. The Morgan fingerprint density at radius 1 is 0.931 bits per heavy atom. The first-order valence-corrected chi connectivity index (χ1v) is 11.5. The van der Waals surface area contributed by atoms with Gasteiger partial charge in [-0.1, -0.05) is 18.2 Å². The van der Waals surface area contributed by atoms with Gasteiger partial charge >= 0.3 is 0 Å². The number of carbonyl (C=O) groups excluding carboxylic acids is 1. The fourth-order valence-electron chi connectivity index (χ4n) is 2.57. The molecule has 3 aromatic carbocycles. The number of carbonyl (C=O) groups is 1. The molecule has 150 valence electrons. The normalized spacial score (nSPS) is 11.1. The van der Waals surface area contributed by atoms with Crippen molar-refractivity contribution in [2.75, 3.05) is 17.1 Å². The molecule has 0 unspecified atom stereocenters. The molecule has 0 aromatic heterocycles. The van der Waals surface area contributed by atoms with Crippen LogP contribution in [0.15, 0.2) is 88.7 Å². The van der Waals surface area contributed by atoms with Gasteiger partial charge in [-0.15, -0.1) is 11.8 Å². The van der Waals surface area contributed by atoms with Crippen molar-refractivity contribution in [2.24, 2.45) is 0 Å². The number of rotatable bonds is 9. The third-order valence-corrected chi connectivity index (χ3v) is 6.43. The lowest BCUT2D eigenvalue weighted by molar-refractivity contribution is 0.102. The highest BCUT2D eigenvalue weighted by Gasteiger charge is 2.13. The molecule has 0 atom stereocenters. The minimum atomic E-state index is -3.62. The van der Waals surface area contributed by atoms with Crippen molar-refractivity contribution in [1.29, 1.82) is 0 Å². The van der Waals surface area contributed by atoms with Gasteiger partial charge < -0.3 is 4.74 Å². The third kappa shape index (κ3) is 5.85. The highest BCUT2D eigenvalue weighted by atomic mass is 32.2. The first-order valence-electron chi connectivity index (χ1n) is 9.05. The molecule has 0 aliphatic carbocycles. The minimum absolute atomic E-state index is 0.0203. The molecule has 0 heterocycles. The Kier molecular flexibility index (Phi) is 6.95. The van der Waals surface area contributed by atoms with Crippen LogP contribution in [0.3, 0.4) is 0 Å². The molecule has 0 saturated heterocycles. The van der Waals surface area contributed by atoms with E-state index in [4.69, 9.17) is 4.74 Å². The van der Waals surface area contributed by atoms with Gasteiger partial charge in [-0.3, -0.25) is 9.52 Å². The largest absolute Gasteiger partial charge is 0.494 e. The predicted octanol–water partition coefficient (Wildman–Crippen LogP) is 4.86. The molecule has 5 nitrogen and oxygen atoms in total. The van der Waals surface area contributed by atoms with E-state index >= 15 is 0 Å². The highest BCUT2D eigenvalue weighted by molar-refractivity contribution is 8.00. The monoisotopic (exact) mass is 427 g/mol. The lowest BCUT2D eigenvalue weighted by Crippen LogP contribution is -2.12. The zero-order chi connectivity index (χ0) is 20.7. The van der Waals surface area contributed by atoms with Gasteiger partial charge in [-0.2, -0.15) is 0 Å². The molecule has 29 heavy (non-hydrogen) atoms. The van der Waals surface area contributed by atoms with E-state index < -0.39 is 10.0 Å².